The van der Waals surface area contributed by atoms with Gasteiger partial charge in [0.25, 0.3) is 0 Å². The van der Waals surface area contributed by atoms with Crippen LogP contribution in [0.25, 0.3) is 10.6 Å². The van der Waals surface area contributed by atoms with Crippen molar-refractivity contribution in [1.29, 1.82) is 0 Å². The standard InChI is InChI=1S/C11H8Br2N2OS2/c12-6-3-9(16)15(4-6)11-14-8(5-18-11)10-7(13)1-2-17-10/h1-2,5-6H,3-4H2. The molecule has 18 heavy (non-hydrogen) atoms. The van der Waals surface area contributed by atoms with Crippen molar-refractivity contribution in [3.8, 4) is 10.6 Å². The molecule has 0 bridgehead atoms. The highest BCUT2D eigenvalue weighted by molar-refractivity contribution is 9.10. The van der Waals surface area contributed by atoms with E-state index < -0.39 is 0 Å². The summed E-state index contributed by atoms with van der Waals surface area (Å²) in [5, 5.41) is 4.81. The van der Waals surface area contributed by atoms with E-state index in [4.69, 9.17) is 0 Å². The van der Waals surface area contributed by atoms with Gasteiger partial charge in [-0.25, -0.2) is 4.98 Å². The van der Waals surface area contributed by atoms with Crippen molar-refractivity contribution in [2.24, 2.45) is 0 Å². The number of alkyl halides is 1. The van der Waals surface area contributed by atoms with Gasteiger partial charge >= 0.3 is 0 Å². The lowest BCUT2D eigenvalue weighted by molar-refractivity contribution is -0.117. The minimum Gasteiger partial charge on any atom is -0.287 e. The van der Waals surface area contributed by atoms with Gasteiger partial charge in [-0.3, -0.25) is 9.69 Å². The van der Waals surface area contributed by atoms with Gasteiger partial charge in [-0.15, -0.1) is 22.7 Å². The van der Waals surface area contributed by atoms with Crippen LogP contribution < -0.4 is 4.90 Å². The van der Waals surface area contributed by atoms with Crippen LogP contribution in [0.15, 0.2) is 21.3 Å². The molecule has 7 heteroatoms. The maximum absolute atomic E-state index is 11.8. The zero-order valence-corrected chi connectivity index (χ0v) is 13.9. The highest BCUT2D eigenvalue weighted by Gasteiger charge is 2.30. The highest BCUT2D eigenvalue weighted by Crippen LogP contribution is 2.37. The Kier molecular flexibility index (Phi) is 3.57. The Morgan fingerprint density at radius 3 is 2.89 bits per heavy atom. The zero-order valence-electron chi connectivity index (χ0n) is 9.10. The molecular weight excluding hydrogens is 400 g/mol. The number of carbonyl (C=O) groups is 1. The van der Waals surface area contributed by atoms with E-state index in [9.17, 15) is 4.79 Å². The number of anilines is 1. The molecule has 1 aliphatic rings. The van der Waals surface area contributed by atoms with Crippen LogP contribution >= 0.6 is 54.5 Å². The Hall–Kier alpha value is -0.240. The first-order valence-electron chi connectivity index (χ1n) is 5.28. The third kappa shape index (κ3) is 2.29. The molecule has 3 nitrogen and oxygen atoms in total. The van der Waals surface area contributed by atoms with Crippen LogP contribution in [0.5, 0.6) is 0 Å². The van der Waals surface area contributed by atoms with Crippen LogP contribution in [-0.2, 0) is 4.79 Å². The van der Waals surface area contributed by atoms with Gasteiger partial charge < -0.3 is 0 Å². The summed E-state index contributed by atoms with van der Waals surface area (Å²) in [5.74, 6) is 0.142. The van der Waals surface area contributed by atoms with Crippen molar-refractivity contribution in [2.45, 2.75) is 11.2 Å². The number of hydrogen-bond acceptors (Lipinski definition) is 4. The Morgan fingerprint density at radius 2 is 2.28 bits per heavy atom. The smallest absolute Gasteiger partial charge is 0.230 e. The molecule has 1 unspecified atom stereocenters. The number of thiazole rings is 1. The minimum atomic E-state index is 0.142. The van der Waals surface area contributed by atoms with Crippen molar-refractivity contribution in [3.63, 3.8) is 0 Å². The van der Waals surface area contributed by atoms with Crippen LogP contribution in [0.2, 0.25) is 0 Å². The van der Waals surface area contributed by atoms with Gasteiger partial charge in [0.05, 0.1) is 10.6 Å². The second kappa shape index (κ2) is 5.03. The lowest BCUT2D eigenvalue weighted by Crippen LogP contribution is -2.24. The Labute approximate surface area is 129 Å². The Balaban J connectivity index is 1.91. The lowest BCUT2D eigenvalue weighted by atomic mass is 10.4. The first-order valence-corrected chi connectivity index (χ1v) is 8.75. The molecule has 0 spiro atoms. The van der Waals surface area contributed by atoms with Crippen LogP contribution in [-0.4, -0.2) is 22.3 Å². The Bertz CT molecular complexity index is 595. The van der Waals surface area contributed by atoms with Crippen LogP contribution in [0, 0.1) is 0 Å². The van der Waals surface area contributed by atoms with Crippen LogP contribution in [0.1, 0.15) is 6.42 Å². The summed E-state index contributed by atoms with van der Waals surface area (Å²) in [5.41, 5.74) is 0.933. The topological polar surface area (TPSA) is 33.2 Å². The lowest BCUT2D eigenvalue weighted by Gasteiger charge is -2.10. The molecule has 94 valence electrons. The average molecular weight is 408 g/mol. The predicted molar refractivity (Wildman–Crippen MR) is 82.8 cm³/mol. The fourth-order valence-electron chi connectivity index (χ4n) is 1.82. The van der Waals surface area contributed by atoms with E-state index in [1.165, 1.54) is 11.3 Å². The molecule has 3 heterocycles. The molecule has 0 saturated carbocycles. The number of aromatic nitrogens is 1. The molecule has 0 N–H and O–H groups in total. The maximum atomic E-state index is 11.8. The number of amides is 1. The molecule has 0 radical (unpaired) electrons. The van der Waals surface area contributed by atoms with Crippen molar-refractivity contribution < 1.29 is 4.79 Å². The second-order valence-electron chi connectivity index (χ2n) is 3.92. The first kappa shape index (κ1) is 12.8. The number of nitrogens with zero attached hydrogens (tertiary/aromatic N) is 2. The van der Waals surface area contributed by atoms with Gasteiger partial charge in [-0.1, -0.05) is 15.9 Å². The minimum absolute atomic E-state index is 0.142. The molecule has 0 aromatic carbocycles. The first-order chi connectivity index (χ1) is 8.65. The van der Waals surface area contributed by atoms with Gasteiger partial charge in [0, 0.05) is 27.6 Å². The van der Waals surface area contributed by atoms with Gasteiger partial charge in [-0.2, -0.15) is 0 Å². The van der Waals surface area contributed by atoms with E-state index in [-0.39, 0.29) is 10.7 Å². The largest absolute Gasteiger partial charge is 0.287 e. The summed E-state index contributed by atoms with van der Waals surface area (Å²) < 4.78 is 1.05. The van der Waals surface area contributed by atoms with Crippen molar-refractivity contribution in [1.82, 2.24) is 4.98 Å². The average Bonchev–Trinajstić information content (AvgIpc) is 2.98. The van der Waals surface area contributed by atoms with E-state index in [0.29, 0.717) is 13.0 Å². The van der Waals surface area contributed by atoms with Gasteiger partial charge in [0.1, 0.15) is 0 Å². The van der Waals surface area contributed by atoms with Crippen molar-refractivity contribution >= 4 is 65.6 Å². The molecule has 1 aliphatic heterocycles. The monoisotopic (exact) mass is 406 g/mol. The normalized spacial score (nSPS) is 19.8. The van der Waals surface area contributed by atoms with E-state index in [2.05, 4.69) is 36.8 Å². The maximum Gasteiger partial charge on any atom is 0.230 e. The molecule has 1 saturated heterocycles. The second-order valence-corrected chi connectivity index (χ2v) is 7.82. The van der Waals surface area contributed by atoms with Crippen LogP contribution in [0.4, 0.5) is 5.13 Å². The number of rotatable bonds is 2. The third-order valence-electron chi connectivity index (χ3n) is 2.65. The molecule has 2 aromatic rings. The number of thiophene rings is 1. The Morgan fingerprint density at radius 1 is 1.44 bits per heavy atom. The number of hydrogen-bond donors (Lipinski definition) is 0. The molecule has 2 aromatic heterocycles. The molecular formula is C11H8Br2N2OS2. The summed E-state index contributed by atoms with van der Waals surface area (Å²) in [7, 11) is 0. The number of halogens is 2. The van der Waals surface area contributed by atoms with Crippen LogP contribution in [0.3, 0.4) is 0 Å². The predicted octanol–water partition coefficient (Wildman–Crippen LogP) is 4.13. The number of carbonyl (C=O) groups excluding carboxylic acids is 1. The quantitative estimate of drug-likeness (QED) is 0.701. The fraction of sp³-hybridized carbons (Fsp3) is 0.273. The van der Waals surface area contributed by atoms with Gasteiger partial charge in [0.15, 0.2) is 5.13 Å². The summed E-state index contributed by atoms with van der Waals surface area (Å²) in [6.07, 6.45) is 0.553. The summed E-state index contributed by atoms with van der Waals surface area (Å²) >= 11 is 10.1. The molecule has 1 amide bonds. The molecule has 3 rings (SSSR count). The van der Waals surface area contributed by atoms with E-state index in [1.807, 2.05) is 16.8 Å². The van der Waals surface area contributed by atoms with Gasteiger partial charge in [0.2, 0.25) is 5.91 Å². The van der Waals surface area contributed by atoms with E-state index in [0.717, 1.165) is 20.2 Å². The highest BCUT2D eigenvalue weighted by atomic mass is 79.9. The SMILES string of the molecule is O=C1CC(Br)CN1c1nc(-c2sccc2Br)cs1. The summed E-state index contributed by atoms with van der Waals surface area (Å²) in [6.45, 7) is 0.706. The van der Waals surface area contributed by atoms with Gasteiger partial charge in [-0.05, 0) is 27.4 Å². The van der Waals surface area contributed by atoms with E-state index in [1.54, 1.807) is 16.2 Å². The zero-order chi connectivity index (χ0) is 12.7. The van der Waals surface area contributed by atoms with E-state index >= 15 is 0 Å². The fourth-order valence-corrected chi connectivity index (χ4v) is 4.84. The van der Waals surface area contributed by atoms with Crippen molar-refractivity contribution in [2.75, 3.05) is 11.4 Å². The molecule has 0 aliphatic carbocycles. The van der Waals surface area contributed by atoms with Crippen molar-refractivity contribution in [3.05, 3.63) is 21.3 Å². The summed E-state index contributed by atoms with van der Waals surface area (Å²) in [6, 6.07) is 2.01. The third-order valence-corrected chi connectivity index (χ3v) is 5.99. The molecule has 1 atom stereocenters. The summed E-state index contributed by atoms with van der Waals surface area (Å²) in [4.78, 5) is 19.5. The molecule has 1 fully saturated rings.